The van der Waals surface area contributed by atoms with Crippen LogP contribution in [0.1, 0.15) is 25.1 Å². The Morgan fingerprint density at radius 3 is 2.90 bits per heavy atom. The molecular weight excluding hydrogens is 278 g/mol. The smallest absolute Gasteiger partial charge is 0.323 e. The quantitative estimate of drug-likeness (QED) is 0.896. The lowest BCUT2D eigenvalue weighted by molar-refractivity contribution is -0.143. The van der Waals surface area contributed by atoms with Crippen molar-refractivity contribution in [2.45, 2.75) is 26.7 Å². The lowest BCUT2D eigenvalue weighted by atomic mass is 9.91. The van der Waals surface area contributed by atoms with Gasteiger partial charge in [-0.1, -0.05) is 13.8 Å². The van der Waals surface area contributed by atoms with E-state index in [4.69, 9.17) is 5.11 Å². The first-order valence-electron chi connectivity index (χ1n) is 6.73. The van der Waals surface area contributed by atoms with Gasteiger partial charge < -0.3 is 10.0 Å². The van der Waals surface area contributed by atoms with Crippen molar-refractivity contribution in [1.82, 2.24) is 9.88 Å². The molecule has 0 aliphatic carbocycles. The van der Waals surface area contributed by atoms with Crippen molar-refractivity contribution >= 4 is 28.5 Å². The molecule has 1 aromatic rings. The first kappa shape index (κ1) is 14.8. The zero-order valence-electron chi connectivity index (χ0n) is 11.6. The van der Waals surface area contributed by atoms with Gasteiger partial charge in [-0.15, -0.1) is 11.3 Å². The fraction of sp³-hybridized carbons (Fsp3) is 0.615. The predicted molar refractivity (Wildman–Crippen MR) is 77.0 cm³/mol. The first-order valence-corrected chi connectivity index (χ1v) is 7.54. The van der Waals surface area contributed by atoms with E-state index in [1.54, 1.807) is 11.1 Å². The maximum Gasteiger partial charge on any atom is 0.323 e. The molecule has 6 nitrogen and oxygen atoms in total. The third-order valence-corrected chi connectivity index (χ3v) is 4.47. The molecule has 2 amide bonds. The molecule has 0 bridgehead atoms. The third kappa shape index (κ3) is 3.47. The molecule has 2 heterocycles. The van der Waals surface area contributed by atoms with Crippen LogP contribution < -0.4 is 5.32 Å². The second-order valence-corrected chi connectivity index (χ2v) is 6.31. The molecule has 1 fully saturated rings. The van der Waals surface area contributed by atoms with E-state index in [1.807, 2.05) is 13.8 Å². The molecule has 1 aliphatic rings. The number of anilines is 1. The number of thiazole rings is 1. The van der Waals surface area contributed by atoms with Gasteiger partial charge >= 0.3 is 12.0 Å². The molecule has 0 radical (unpaired) electrons. The minimum absolute atomic E-state index is 0.193. The van der Waals surface area contributed by atoms with Crippen LogP contribution in [0.15, 0.2) is 6.20 Å². The van der Waals surface area contributed by atoms with Crippen molar-refractivity contribution in [1.29, 1.82) is 0 Å². The summed E-state index contributed by atoms with van der Waals surface area (Å²) >= 11 is 1.45. The topological polar surface area (TPSA) is 82.5 Å². The number of hydrogen-bond acceptors (Lipinski definition) is 4. The number of aliphatic carboxylic acids is 1. The summed E-state index contributed by atoms with van der Waals surface area (Å²) in [5.41, 5.74) is 0. The van der Waals surface area contributed by atoms with Gasteiger partial charge in [-0.05, 0) is 18.8 Å². The number of aryl methyl sites for hydroxylation is 1. The van der Waals surface area contributed by atoms with Crippen molar-refractivity contribution in [3.05, 3.63) is 11.1 Å². The summed E-state index contributed by atoms with van der Waals surface area (Å²) in [6.45, 7) is 4.84. The monoisotopic (exact) mass is 297 g/mol. The highest BCUT2D eigenvalue weighted by Crippen LogP contribution is 2.23. The number of nitrogens with zero attached hydrogens (tertiary/aromatic N) is 2. The van der Waals surface area contributed by atoms with Gasteiger partial charge in [-0.25, -0.2) is 9.78 Å². The van der Waals surface area contributed by atoms with E-state index in [9.17, 15) is 9.59 Å². The number of nitrogens with one attached hydrogen (secondary N) is 1. The lowest BCUT2D eigenvalue weighted by Gasteiger charge is -2.34. The number of rotatable bonds is 3. The molecule has 2 N–H and O–H groups in total. The Morgan fingerprint density at radius 2 is 2.30 bits per heavy atom. The molecule has 7 heteroatoms. The summed E-state index contributed by atoms with van der Waals surface area (Å²) in [4.78, 5) is 30.1. The van der Waals surface area contributed by atoms with Gasteiger partial charge in [0.25, 0.3) is 0 Å². The number of carbonyl (C=O) groups is 2. The lowest BCUT2D eigenvalue weighted by Crippen LogP contribution is -2.47. The zero-order chi connectivity index (χ0) is 14.7. The number of aromatic nitrogens is 1. The molecule has 2 atom stereocenters. The summed E-state index contributed by atoms with van der Waals surface area (Å²) in [5.74, 6) is -1.12. The van der Waals surface area contributed by atoms with E-state index in [2.05, 4.69) is 10.3 Å². The number of piperidine rings is 1. The van der Waals surface area contributed by atoms with Gasteiger partial charge in [0.1, 0.15) is 0 Å². The van der Waals surface area contributed by atoms with E-state index in [0.29, 0.717) is 18.1 Å². The van der Waals surface area contributed by atoms with Crippen LogP contribution in [0, 0.1) is 11.8 Å². The van der Waals surface area contributed by atoms with E-state index < -0.39 is 11.9 Å². The Balaban J connectivity index is 1.99. The van der Waals surface area contributed by atoms with E-state index in [0.717, 1.165) is 11.3 Å². The van der Waals surface area contributed by atoms with Gasteiger partial charge in [0.15, 0.2) is 5.13 Å². The van der Waals surface area contributed by atoms with Gasteiger partial charge in [0.05, 0.1) is 5.92 Å². The van der Waals surface area contributed by atoms with Crippen LogP contribution in [0.25, 0.3) is 0 Å². The van der Waals surface area contributed by atoms with Crippen LogP contribution in [0.3, 0.4) is 0 Å². The van der Waals surface area contributed by atoms with Crippen molar-refractivity contribution in [2.75, 3.05) is 18.4 Å². The van der Waals surface area contributed by atoms with Crippen LogP contribution in [-0.4, -0.2) is 40.1 Å². The van der Waals surface area contributed by atoms with Crippen molar-refractivity contribution in [2.24, 2.45) is 11.8 Å². The fourth-order valence-electron chi connectivity index (χ4n) is 2.40. The number of hydrogen-bond donors (Lipinski definition) is 2. The van der Waals surface area contributed by atoms with Crippen LogP contribution in [0.5, 0.6) is 0 Å². The van der Waals surface area contributed by atoms with Gasteiger partial charge in [-0.2, -0.15) is 0 Å². The average molecular weight is 297 g/mol. The highest BCUT2D eigenvalue weighted by atomic mass is 32.1. The van der Waals surface area contributed by atoms with Gasteiger partial charge in [0.2, 0.25) is 0 Å². The number of carboxylic acid groups (broad SMARTS) is 1. The molecule has 110 valence electrons. The van der Waals surface area contributed by atoms with E-state index in [-0.39, 0.29) is 18.5 Å². The number of urea groups is 1. The van der Waals surface area contributed by atoms with Crippen molar-refractivity contribution < 1.29 is 14.7 Å². The van der Waals surface area contributed by atoms with E-state index in [1.165, 1.54) is 11.3 Å². The molecule has 0 aromatic carbocycles. The standard InChI is InChI=1S/C13H19N3O3S/c1-3-10-5-14-12(20-10)15-13(19)16-6-8(2)4-9(7-16)11(17)18/h5,8-9H,3-4,6-7H2,1-2H3,(H,17,18)(H,14,15,19). The normalized spacial score (nSPS) is 22.6. The van der Waals surface area contributed by atoms with Crippen LogP contribution in [0.2, 0.25) is 0 Å². The third-order valence-electron chi connectivity index (χ3n) is 3.41. The molecule has 20 heavy (non-hydrogen) atoms. The van der Waals surface area contributed by atoms with Gasteiger partial charge in [-0.3, -0.25) is 10.1 Å². The highest BCUT2D eigenvalue weighted by Gasteiger charge is 2.32. The predicted octanol–water partition coefficient (Wildman–Crippen LogP) is 2.28. The molecule has 0 saturated carbocycles. The van der Waals surface area contributed by atoms with Crippen LogP contribution in [0.4, 0.5) is 9.93 Å². The van der Waals surface area contributed by atoms with E-state index >= 15 is 0 Å². The molecule has 2 unspecified atom stereocenters. The second kappa shape index (κ2) is 6.21. The first-order chi connectivity index (χ1) is 9.49. The molecule has 1 aliphatic heterocycles. The highest BCUT2D eigenvalue weighted by molar-refractivity contribution is 7.15. The molecule has 2 rings (SSSR count). The summed E-state index contributed by atoms with van der Waals surface area (Å²) in [6.07, 6.45) is 3.25. The number of likely N-dealkylation sites (tertiary alicyclic amines) is 1. The summed E-state index contributed by atoms with van der Waals surface area (Å²) in [6, 6.07) is -0.264. The summed E-state index contributed by atoms with van der Waals surface area (Å²) in [5, 5.41) is 12.4. The molecule has 1 aromatic heterocycles. The number of amides is 2. The SMILES string of the molecule is CCc1cnc(NC(=O)N2CC(C)CC(C(=O)O)C2)s1. The second-order valence-electron chi connectivity index (χ2n) is 5.20. The Labute approximate surface area is 121 Å². The summed E-state index contributed by atoms with van der Waals surface area (Å²) in [7, 11) is 0. The molecule has 0 spiro atoms. The van der Waals surface area contributed by atoms with Gasteiger partial charge in [0, 0.05) is 24.2 Å². The van der Waals surface area contributed by atoms with Crippen molar-refractivity contribution in [3.8, 4) is 0 Å². The minimum Gasteiger partial charge on any atom is -0.481 e. The average Bonchev–Trinajstić information content (AvgIpc) is 2.85. The number of carboxylic acids is 1. The maximum atomic E-state index is 12.2. The Morgan fingerprint density at radius 1 is 1.55 bits per heavy atom. The Hall–Kier alpha value is -1.63. The molecular formula is C13H19N3O3S. The Kier molecular flexibility index (Phi) is 4.59. The minimum atomic E-state index is -0.836. The number of carbonyl (C=O) groups excluding carboxylic acids is 1. The maximum absolute atomic E-state index is 12.2. The fourth-order valence-corrected chi connectivity index (χ4v) is 3.14. The largest absolute Gasteiger partial charge is 0.481 e. The van der Waals surface area contributed by atoms with Crippen LogP contribution in [-0.2, 0) is 11.2 Å². The van der Waals surface area contributed by atoms with Crippen molar-refractivity contribution in [3.63, 3.8) is 0 Å². The summed E-state index contributed by atoms with van der Waals surface area (Å²) < 4.78 is 0. The Bertz CT molecular complexity index is 503. The zero-order valence-corrected chi connectivity index (χ0v) is 12.4. The molecule has 1 saturated heterocycles. The van der Waals surface area contributed by atoms with Crippen LogP contribution >= 0.6 is 11.3 Å².